The third-order valence-corrected chi connectivity index (χ3v) is 5.14. The van der Waals surface area contributed by atoms with Gasteiger partial charge in [-0.1, -0.05) is 29.0 Å². The molecule has 0 bridgehead atoms. The number of fused-ring (bicyclic) bond motifs is 1. The number of amides is 1. The Morgan fingerprint density at radius 3 is 2.46 bits per heavy atom. The summed E-state index contributed by atoms with van der Waals surface area (Å²) < 4.78 is 1.04. The van der Waals surface area contributed by atoms with Gasteiger partial charge in [0.25, 0.3) is 5.91 Å². The number of carbonyl (C=O) groups is 1. The average molecular weight is 366 g/mol. The fourth-order valence-corrected chi connectivity index (χ4v) is 3.57. The van der Waals surface area contributed by atoms with Crippen LogP contribution in [0.3, 0.4) is 0 Å². The summed E-state index contributed by atoms with van der Waals surface area (Å²) in [4.78, 5) is 17.2. The minimum atomic E-state index is -0.107. The van der Waals surface area contributed by atoms with Gasteiger partial charge in [-0.3, -0.25) is 10.2 Å². The second-order valence-electron chi connectivity index (χ2n) is 6.55. The van der Waals surface area contributed by atoms with Crippen LogP contribution >= 0.6 is 11.3 Å². The monoisotopic (exact) mass is 366 g/mol. The quantitative estimate of drug-likeness (QED) is 0.487. The van der Waals surface area contributed by atoms with E-state index in [1.54, 1.807) is 0 Å². The van der Waals surface area contributed by atoms with Crippen LogP contribution in [0.15, 0.2) is 35.4 Å². The van der Waals surface area contributed by atoms with Gasteiger partial charge in [-0.05, 0) is 63.9 Å². The Labute approximate surface area is 157 Å². The van der Waals surface area contributed by atoms with Gasteiger partial charge in [0.05, 0.1) is 10.2 Å². The highest BCUT2D eigenvalue weighted by molar-refractivity contribution is 7.22. The Hall–Kier alpha value is -2.73. The lowest BCUT2D eigenvalue weighted by Gasteiger charge is -2.12. The number of rotatable bonds is 4. The maximum atomic E-state index is 12.6. The molecule has 134 valence electrons. The summed E-state index contributed by atoms with van der Waals surface area (Å²) in [5.41, 5.74) is 9.44. The lowest BCUT2D eigenvalue weighted by atomic mass is 10.1. The average Bonchev–Trinajstić information content (AvgIpc) is 3.00. The molecule has 1 heterocycles. The lowest BCUT2D eigenvalue weighted by Crippen LogP contribution is -2.13. The molecule has 2 N–H and O–H groups in total. The summed E-state index contributed by atoms with van der Waals surface area (Å²) in [5.74, 6) is -0.107. The molecule has 3 rings (SSSR count). The first-order valence-corrected chi connectivity index (χ1v) is 9.22. The number of anilines is 2. The summed E-state index contributed by atoms with van der Waals surface area (Å²) in [5, 5.41) is 8.00. The number of hydrazone groups is 1. The van der Waals surface area contributed by atoms with Gasteiger partial charge < -0.3 is 5.32 Å². The summed E-state index contributed by atoms with van der Waals surface area (Å²) in [6.45, 7) is 9.85. The highest BCUT2D eigenvalue weighted by Gasteiger charge is 2.15. The van der Waals surface area contributed by atoms with Crippen LogP contribution in [0.1, 0.15) is 40.9 Å². The van der Waals surface area contributed by atoms with Gasteiger partial charge in [-0.25, -0.2) is 4.98 Å². The third-order valence-electron chi connectivity index (χ3n) is 4.04. The maximum absolute atomic E-state index is 12.6. The van der Waals surface area contributed by atoms with Crippen molar-refractivity contribution in [2.45, 2.75) is 34.6 Å². The number of thiazole rings is 1. The Morgan fingerprint density at radius 2 is 1.81 bits per heavy atom. The Bertz CT molecular complexity index is 999. The van der Waals surface area contributed by atoms with Crippen LogP contribution in [0.5, 0.6) is 0 Å². The Kier molecular flexibility index (Phi) is 5.04. The largest absolute Gasteiger partial charge is 0.321 e. The van der Waals surface area contributed by atoms with Crippen LogP contribution < -0.4 is 10.7 Å². The molecule has 0 aliphatic heterocycles. The van der Waals surface area contributed by atoms with Crippen LogP contribution in [0.2, 0.25) is 0 Å². The molecule has 0 unspecified atom stereocenters. The van der Waals surface area contributed by atoms with Crippen molar-refractivity contribution in [1.82, 2.24) is 4.98 Å². The predicted octanol–water partition coefficient (Wildman–Crippen LogP) is 5.28. The molecular formula is C20H22N4OS. The van der Waals surface area contributed by atoms with E-state index in [0.29, 0.717) is 5.56 Å². The molecule has 0 saturated carbocycles. The first-order chi connectivity index (χ1) is 12.3. The fraction of sp³-hybridized carbons (Fsp3) is 0.250. The number of carbonyl (C=O) groups excluding carboxylic acids is 1. The molecule has 0 fully saturated rings. The number of aromatic nitrogens is 1. The van der Waals surface area contributed by atoms with Crippen molar-refractivity contribution in [1.29, 1.82) is 0 Å². The summed E-state index contributed by atoms with van der Waals surface area (Å²) in [7, 11) is 0. The molecule has 3 aromatic rings. The highest BCUT2D eigenvalue weighted by atomic mass is 32.1. The summed E-state index contributed by atoms with van der Waals surface area (Å²) >= 11 is 1.53. The van der Waals surface area contributed by atoms with E-state index in [4.69, 9.17) is 0 Å². The van der Waals surface area contributed by atoms with Gasteiger partial charge >= 0.3 is 0 Å². The van der Waals surface area contributed by atoms with Crippen molar-refractivity contribution in [2.75, 3.05) is 10.7 Å². The van der Waals surface area contributed by atoms with E-state index in [1.807, 2.05) is 65.0 Å². The zero-order chi connectivity index (χ0) is 18.8. The van der Waals surface area contributed by atoms with Crippen molar-refractivity contribution in [2.24, 2.45) is 5.10 Å². The molecule has 5 nitrogen and oxygen atoms in total. The zero-order valence-corrected chi connectivity index (χ0v) is 16.4. The van der Waals surface area contributed by atoms with Crippen LogP contribution in [0, 0.1) is 20.8 Å². The van der Waals surface area contributed by atoms with E-state index in [2.05, 4.69) is 20.8 Å². The molecule has 0 atom stereocenters. The maximum Gasteiger partial charge on any atom is 0.255 e. The first kappa shape index (κ1) is 18.1. The molecule has 1 aromatic heterocycles. The summed E-state index contributed by atoms with van der Waals surface area (Å²) in [6, 6.07) is 9.56. The van der Waals surface area contributed by atoms with Crippen molar-refractivity contribution in [3.05, 3.63) is 52.6 Å². The second-order valence-corrected chi connectivity index (χ2v) is 7.55. The van der Waals surface area contributed by atoms with Crippen LogP contribution in [-0.2, 0) is 0 Å². The molecule has 0 aliphatic carbocycles. The van der Waals surface area contributed by atoms with Crippen molar-refractivity contribution < 1.29 is 4.79 Å². The van der Waals surface area contributed by atoms with Crippen LogP contribution in [0.4, 0.5) is 10.8 Å². The minimum absolute atomic E-state index is 0.107. The van der Waals surface area contributed by atoms with Crippen LogP contribution in [0.25, 0.3) is 10.2 Å². The number of nitrogens with one attached hydrogen (secondary N) is 2. The topological polar surface area (TPSA) is 66.4 Å². The molecule has 0 saturated heterocycles. The van der Waals surface area contributed by atoms with E-state index in [-0.39, 0.29) is 5.91 Å². The predicted molar refractivity (Wildman–Crippen MR) is 111 cm³/mol. The Balaban J connectivity index is 1.94. The van der Waals surface area contributed by atoms with Gasteiger partial charge in [0, 0.05) is 17.0 Å². The molecule has 2 aromatic carbocycles. The van der Waals surface area contributed by atoms with Crippen LogP contribution in [-0.4, -0.2) is 16.6 Å². The first-order valence-electron chi connectivity index (χ1n) is 8.41. The number of hydrogen-bond acceptors (Lipinski definition) is 5. The molecule has 26 heavy (non-hydrogen) atoms. The van der Waals surface area contributed by atoms with E-state index >= 15 is 0 Å². The van der Waals surface area contributed by atoms with E-state index in [9.17, 15) is 4.79 Å². The number of aryl methyl sites for hydroxylation is 3. The SMILES string of the molecule is CC(C)=NNc1nc2cc(C)c(NC(=O)c3ccc(C)cc3)c(C)c2s1. The molecule has 6 heteroatoms. The van der Waals surface area contributed by atoms with Gasteiger partial charge in [0.15, 0.2) is 0 Å². The standard InChI is InChI=1S/C20H22N4OS/c1-11(2)23-24-20-21-16-10-13(4)17(14(5)18(16)26-20)22-19(25)15-8-6-12(3)7-9-15/h6-10H,1-5H3,(H,21,24)(H,22,25). The van der Waals surface area contributed by atoms with Crippen molar-refractivity contribution in [3.63, 3.8) is 0 Å². The van der Waals surface area contributed by atoms with Gasteiger partial charge in [-0.2, -0.15) is 5.10 Å². The third kappa shape index (κ3) is 3.75. The van der Waals surface area contributed by atoms with Gasteiger partial charge in [-0.15, -0.1) is 0 Å². The normalized spacial score (nSPS) is 10.7. The van der Waals surface area contributed by atoms with E-state index < -0.39 is 0 Å². The molecule has 0 spiro atoms. The summed E-state index contributed by atoms with van der Waals surface area (Å²) in [6.07, 6.45) is 0. The molecular weight excluding hydrogens is 344 g/mol. The van der Waals surface area contributed by atoms with Gasteiger partial charge in [0.1, 0.15) is 0 Å². The zero-order valence-electron chi connectivity index (χ0n) is 15.6. The molecule has 1 amide bonds. The van der Waals surface area contributed by atoms with E-state index in [0.717, 1.165) is 43.4 Å². The van der Waals surface area contributed by atoms with E-state index in [1.165, 1.54) is 11.3 Å². The number of benzene rings is 2. The van der Waals surface area contributed by atoms with Crippen molar-refractivity contribution >= 4 is 44.0 Å². The van der Waals surface area contributed by atoms with Crippen molar-refractivity contribution in [3.8, 4) is 0 Å². The second kappa shape index (κ2) is 7.25. The number of hydrogen-bond donors (Lipinski definition) is 2. The Morgan fingerprint density at radius 1 is 1.12 bits per heavy atom. The minimum Gasteiger partial charge on any atom is -0.321 e. The van der Waals surface area contributed by atoms with Gasteiger partial charge in [0.2, 0.25) is 5.13 Å². The highest BCUT2D eigenvalue weighted by Crippen LogP contribution is 2.35. The fourth-order valence-electron chi connectivity index (χ4n) is 2.68. The molecule has 0 radical (unpaired) electrons. The molecule has 0 aliphatic rings. The lowest BCUT2D eigenvalue weighted by molar-refractivity contribution is 0.102. The number of nitrogens with zero attached hydrogens (tertiary/aromatic N) is 2. The smallest absolute Gasteiger partial charge is 0.255 e.